The number of rotatable bonds is 4. The van der Waals surface area contributed by atoms with E-state index in [1.54, 1.807) is 0 Å². The number of nitrogens with zero attached hydrogens (tertiary/aromatic N) is 1. The van der Waals surface area contributed by atoms with Gasteiger partial charge in [0, 0.05) is 17.8 Å². The van der Waals surface area contributed by atoms with Crippen molar-refractivity contribution >= 4 is 11.6 Å². The summed E-state index contributed by atoms with van der Waals surface area (Å²) in [4.78, 5) is 14.4. The molecular formula is C20H20F2N2O3. The van der Waals surface area contributed by atoms with Gasteiger partial charge in [-0.2, -0.15) is 0 Å². The molecule has 2 aromatic carbocycles. The van der Waals surface area contributed by atoms with Gasteiger partial charge in [0.25, 0.3) is 0 Å². The van der Waals surface area contributed by atoms with E-state index in [0.29, 0.717) is 13.2 Å². The Kier molecular flexibility index (Phi) is 4.94. The molecule has 1 saturated heterocycles. The lowest BCUT2D eigenvalue weighted by atomic mass is 10.0. The maximum absolute atomic E-state index is 13.3. The Labute approximate surface area is 155 Å². The lowest BCUT2D eigenvalue weighted by molar-refractivity contribution is -0.117. The van der Waals surface area contributed by atoms with Crippen molar-refractivity contribution in [2.45, 2.75) is 18.9 Å². The van der Waals surface area contributed by atoms with Crippen molar-refractivity contribution in [1.29, 1.82) is 0 Å². The van der Waals surface area contributed by atoms with Crippen LogP contribution in [0.1, 0.15) is 24.4 Å². The van der Waals surface area contributed by atoms with Crippen LogP contribution < -0.4 is 14.8 Å². The van der Waals surface area contributed by atoms with Crippen LogP contribution in [0.15, 0.2) is 36.4 Å². The van der Waals surface area contributed by atoms with Gasteiger partial charge in [0.2, 0.25) is 5.91 Å². The number of hydrogen-bond donors (Lipinski definition) is 1. The van der Waals surface area contributed by atoms with Crippen molar-refractivity contribution in [1.82, 2.24) is 4.90 Å². The van der Waals surface area contributed by atoms with E-state index in [4.69, 9.17) is 9.47 Å². The zero-order valence-corrected chi connectivity index (χ0v) is 14.7. The molecular weight excluding hydrogens is 354 g/mol. The lowest BCUT2D eigenvalue weighted by Crippen LogP contribution is -2.33. The number of benzene rings is 2. The van der Waals surface area contributed by atoms with E-state index in [1.807, 2.05) is 18.2 Å². The van der Waals surface area contributed by atoms with Gasteiger partial charge in [0.15, 0.2) is 23.1 Å². The normalized spacial score (nSPS) is 19.1. The summed E-state index contributed by atoms with van der Waals surface area (Å²) in [5.41, 5.74) is 1.33. The molecule has 2 heterocycles. The maximum Gasteiger partial charge on any atom is 0.238 e. The minimum Gasteiger partial charge on any atom is -0.486 e. The Morgan fingerprint density at radius 3 is 2.70 bits per heavy atom. The molecule has 142 valence electrons. The van der Waals surface area contributed by atoms with Crippen molar-refractivity contribution in [3.8, 4) is 11.5 Å². The van der Waals surface area contributed by atoms with E-state index in [2.05, 4.69) is 10.2 Å². The predicted molar refractivity (Wildman–Crippen MR) is 96.0 cm³/mol. The molecule has 2 aliphatic rings. The number of likely N-dealkylation sites (tertiary alicyclic amines) is 1. The third-order valence-corrected chi connectivity index (χ3v) is 4.86. The molecule has 0 spiro atoms. The molecule has 5 nitrogen and oxygen atoms in total. The van der Waals surface area contributed by atoms with Gasteiger partial charge in [-0.3, -0.25) is 9.69 Å². The SMILES string of the molecule is O=C(CN1CCCC1c1ccc2c(c1)OCCO2)Nc1ccc(F)c(F)c1. The van der Waals surface area contributed by atoms with Gasteiger partial charge in [-0.25, -0.2) is 8.78 Å². The first-order chi connectivity index (χ1) is 13.1. The van der Waals surface area contributed by atoms with E-state index in [0.717, 1.165) is 48.6 Å². The summed E-state index contributed by atoms with van der Waals surface area (Å²) in [5.74, 6) is -0.706. The number of nitrogens with one attached hydrogen (secondary N) is 1. The molecule has 0 radical (unpaired) electrons. The highest BCUT2D eigenvalue weighted by Gasteiger charge is 2.28. The predicted octanol–water partition coefficient (Wildman–Crippen LogP) is 3.51. The molecule has 0 saturated carbocycles. The lowest BCUT2D eigenvalue weighted by Gasteiger charge is -2.26. The van der Waals surface area contributed by atoms with Crippen molar-refractivity contribution in [2.24, 2.45) is 0 Å². The van der Waals surface area contributed by atoms with Crippen LogP contribution in [0.25, 0.3) is 0 Å². The van der Waals surface area contributed by atoms with Crippen molar-refractivity contribution in [3.05, 3.63) is 53.6 Å². The summed E-state index contributed by atoms with van der Waals surface area (Å²) < 4.78 is 37.5. The standard InChI is InChI=1S/C20H20F2N2O3/c21-15-5-4-14(11-16(15)22)23-20(25)12-24-7-1-2-17(24)13-3-6-18-19(10-13)27-9-8-26-18/h3-6,10-11,17H,1-2,7-9,12H2,(H,23,25). The zero-order chi connectivity index (χ0) is 18.8. The summed E-state index contributed by atoms with van der Waals surface area (Å²) >= 11 is 0. The summed E-state index contributed by atoms with van der Waals surface area (Å²) in [7, 11) is 0. The van der Waals surface area contributed by atoms with Gasteiger partial charge < -0.3 is 14.8 Å². The first kappa shape index (κ1) is 17.7. The average Bonchev–Trinajstić information content (AvgIpc) is 3.12. The zero-order valence-electron chi connectivity index (χ0n) is 14.7. The highest BCUT2D eigenvalue weighted by Crippen LogP contribution is 2.37. The van der Waals surface area contributed by atoms with Crippen LogP contribution in [0, 0.1) is 11.6 Å². The topological polar surface area (TPSA) is 50.8 Å². The number of carbonyl (C=O) groups excluding carboxylic acids is 1. The van der Waals surface area contributed by atoms with Crippen molar-refractivity contribution in [2.75, 3.05) is 31.6 Å². The molecule has 1 fully saturated rings. The van der Waals surface area contributed by atoms with E-state index < -0.39 is 11.6 Å². The first-order valence-electron chi connectivity index (χ1n) is 8.98. The number of halogens is 2. The average molecular weight is 374 g/mol. The van der Waals surface area contributed by atoms with Crippen molar-refractivity contribution < 1.29 is 23.0 Å². The van der Waals surface area contributed by atoms with Crippen LogP contribution in [0.3, 0.4) is 0 Å². The fraction of sp³-hybridized carbons (Fsp3) is 0.350. The highest BCUT2D eigenvalue weighted by atomic mass is 19.2. The Hall–Kier alpha value is -2.67. The van der Waals surface area contributed by atoms with Crippen LogP contribution in [0.5, 0.6) is 11.5 Å². The largest absolute Gasteiger partial charge is 0.486 e. The molecule has 2 aliphatic heterocycles. The Morgan fingerprint density at radius 1 is 1.07 bits per heavy atom. The molecule has 0 aromatic heterocycles. The van der Waals surface area contributed by atoms with Gasteiger partial charge in [-0.15, -0.1) is 0 Å². The summed E-state index contributed by atoms with van der Waals surface area (Å²) in [5, 5.41) is 2.63. The van der Waals surface area contributed by atoms with Gasteiger partial charge in [-0.05, 0) is 49.2 Å². The minimum atomic E-state index is -0.983. The smallest absolute Gasteiger partial charge is 0.238 e. The Morgan fingerprint density at radius 2 is 1.89 bits per heavy atom. The molecule has 1 N–H and O–H groups in total. The number of fused-ring (bicyclic) bond motifs is 1. The minimum absolute atomic E-state index is 0.108. The van der Waals surface area contributed by atoms with E-state index in [9.17, 15) is 13.6 Å². The van der Waals surface area contributed by atoms with E-state index in [-0.39, 0.29) is 24.2 Å². The molecule has 2 aromatic rings. The number of anilines is 1. The van der Waals surface area contributed by atoms with E-state index >= 15 is 0 Å². The van der Waals surface area contributed by atoms with Gasteiger partial charge >= 0.3 is 0 Å². The fourth-order valence-electron chi connectivity index (χ4n) is 3.62. The fourth-order valence-corrected chi connectivity index (χ4v) is 3.62. The van der Waals surface area contributed by atoms with Gasteiger partial charge in [0.1, 0.15) is 13.2 Å². The molecule has 7 heteroatoms. The second-order valence-corrected chi connectivity index (χ2v) is 6.71. The van der Waals surface area contributed by atoms with Crippen LogP contribution in [-0.4, -0.2) is 37.1 Å². The second kappa shape index (κ2) is 7.52. The summed E-state index contributed by atoms with van der Waals surface area (Å²) in [6.45, 7) is 2.05. The molecule has 27 heavy (non-hydrogen) atoms. The molecule has 4 rings (SSSR count). The monoisotopic (exact) mass is 374 g/mol. The number of ether oxygens (including phenoxy) is 2. The molecule has 1 amide bonds. The third kappa shape index (κ3) is 3.88. The Balaban J connectivity index is 1.43. The summed E-state index contributed by atoms with van der Waals surface area (Å²) in [6.07, 6.45) is 1.93. The molecule has 1 atom stereocenters. The molecule has 1 unspecified atom stereocenters. The van der Waals surface area contributed by atoms with Crippen LogP contribution in [-0.2, 0) is 4.79 Å². The number of hydrogen-bond acceptors (Lipinski definition) is 4. The number of amides is 1. The van der Waals surface area contributed by atoms with Gasteiger partial charge in [0.05, 0.1) is 6.54 Å². The second-order valence-electron chi connectivity index (χ2n) is 6.71. The number of carbonyl (C=O) groups is 1. The highest BCUT2D eigenvalue weighted by molar-refractivity contribution is 5.92. The first-order valence-corrected chi connectivity index (χ1v) is 8.98. The van der Waals surface area contributed by atoms with Crippen LogP contribution in [0.2, 0.25) is 0 Å². The maximum atomic E-state index is 13.3. The summed E-state index contributed by atoms with van der Waals surface area (Å²) in [6, 6.07) is 9.32. The van der Waals surface area contributed by atoms with Crippen LogP contribution in [0.4, 0.5) is 14.5 Å². The van der Waals surface area contributed by atoms with Crippen molar-refractivity contribution in [3.63, 3.8) is 0 Å². The molecule has 0 aliphatic carbocycles. The quantitative estimate of drug-likeness (QED) is 0.890. The third-order valence-electron chi connectivity index (χ3n) is 4.86. The Bertz CT molecular complexity index is 859. The van der Waals surface area contributed by atoms with E-state index in [1.165, 1.54) is 6.07 Å². The van der Waals surface area contributed by atoms with Crippen LogP contribution >= 0.6 is 0 Å². The van der Waals surface area contributed by atoms with Gasteiger partial charge in [-0.1, -0.05) is 6.07 Å². The molecule has 0 bridgehead atoms.